The monoisotopic (exact) mass is 337 g/mol. The molecule has 0 saturated heterocycles. The number of carbonyl (C=O) groups is 1. The van der Waals surface area contributed by atoms with Crippen LogP contribution in [0.15, 0.2) is 42.5 Å². The minimum atomic E-state index is -0.584. The van der Waals surface area contributed by atoms with Crippen molar-refractivity contribution >= 4 is 34.8 Å². The average molecular weight is 338 g/mol. The Bertz CT molecular complexity index is 656. The first-order valence-electron chi connectivity index (χ1n) is 6.99. The summed E-state index contributed by atoms with van der Waals surface area (Å²) in [7, 11) is 0. The summed E-state index contributed by atoms with van der Waals surface area (Å²) in [6.45, 7) is 3.75. The average Bonchev–Trinajstić information content (AvgIpc) is 2.51. The maximum Gasteiger partial charge on any atom is 0.265 e. The van der Waals surface area contributed by atoms with Crippen molar-refractivity contribution in [2.24, 2.45) is 0 Å². The molecule has 1 N–H and O–H groups in total. The number of amides is 1. The van der Waals surface area contributed by atoms with Crippen molar-refractivity contribution in [3.8, 4) is 5.75 Å². The van der Waals surface area contributed by atoms with Crippen LogP contribution in [0.1, 0.15) is 18.9 Å². The molecule has 0 saturated carbocycles. The van der Waals surface area contributed by atoms with E-state index in [1.54, 1.807) is 36.4 Å². The second-order valence-electron chi connectivity index (χ2n) is 4.87. The molecule has 116 valence electrons. The summed E-state index contributed by atoms with van der Waals surface area (Å²) >= 11 is 11.9. The zero-order valence-electron chi connectivity index (χ0n) is 12.4. The molecule has 0 heterocycles. The van der Waals surface area contributed by atoms with Crippen LogP contribution < -0.4 is 10.1 Å². The van der Waals surface area contributed by atoms with Gasteiger partial charge in [-0.3, -0.25) is 4.79 Å². The van der Waals surface area contributed by atoms with Crippen molar-refractivity contribution in [3.63, 3.8) is 0 Å². The Morgan fingerprint density at radius 3 is 2.50 bits per heavy atom. The van der Waals surface area contributed by atoms with Crippen LogP contribution in [-0.4, -0.2) is 12.0 Å². The first-order valence-corrected chi connectivity index (χ1v) is 7.75. The SMILES string of the molecule is CC[C@@H](Oc1ccc(Cl)cc1)C(=O)Nc1cccc(Cl)c1C. The number of halogens is 2. The van der Waals surface area contributed by atoms with Crippen molar-refractivity contribution in [2.45, 2.75) is 26.4 Å². The van der Waals surface area contributed by atoms with Crippen molar-refractivity contribution in [3.05, 3.63) is 58.1 Å². The fourth-order valence-electron chi connectivity index (χ4n) is 1.96. The summed E-state index contributed by atoms with van der Waals surface area (Å²) in [6.07, 6.45) is -0.0341. The molecule has 0 aromatic heterocycles. The molecule has 1 atom stereocenters. The molecule has 1 amide bonds. The van der Waals surface area contributed by atoms with Crippen LogP contribution >= 0.6 is 23.2 Å². The van der Waals surface area contributed by atoms with Gasteiger partial charge in [0.1, 0.15) is 5.75 Å². The third kappa shape index (κ3) is 4.15. The number of nitrogens with one attached hydrogen (secondary N) is 1. The Balaban J connectivity index is 2.08. The van der Waals surface area contributed by atoms with Crippen LogP contribution in [0.4, 0.5) is 5.69 Å². The Labute approximate surface area is 140 Å². The van der Waals surface area contributed by atoms with Gasteiger partial charge in [-0.25, -0.2) is 0 Å². The molecule has 0 bridgehead atoms. The molecule has 2 aromatic carbocycles. The van der Waals surface area contributed by atoms with Crippen LogP contribution in [-0.2, 0) is 4.79 Å². The molecular formula is C17H17Cl2NO2. The first kappa shape index (κ1) is 16.7. The zero-order chi connectivity index (χ0) is 16.1. The van der Waals surface area contributed by atoms with Crippen molar-refractivity contribution in [2.75, 3.05) is 5.32 Å². The van der Waals surface area contributed by atoms with E-state index in [0.29, 0.717) is 27.9 Å². The van der Waals surface area contributed by atoms with Crippen LogP contribution in [0.3, 0.4) is 0 Å². The van der Waals surface area contributed by atoms with E-state index in [-0.39, 0.29) is 5.91 Å². The van der Waals surface area contributed by atoms with Gasteiger partial charge in [0.05, 0.1) is 0 Å². The Kier molecular flexibility index (Phi) is 5.69. The number of benzene rings is 2. The van der Waals surface area contributed by atoms with Gasteiger partial charge in [-0.15, -0.1) is 0 Å². The Hall–Kier alpha value is -1.71. The molecule has 0 radical (unpaired) electrons. The lowest BCUT2D eigenvalue weighted by molar-refractivity contribution is -0.122. The highest BCUT2D eigenvalue weighted by Gasteiger charge is 2.19. The predicted octanol–water partition coefficient (Wildman–Crippen LogP) is 5.10. The second-order valence-corrected chi connectivity index (χ2v) is 5.71. The van der Waals surface area contributed by atoms with E-state index in [9.17, 15) is 4.79 Å². The maximum absolute atomic E-state index is 12.4. The summed E-state index contributed by atoms with van der Waals surface area (Å²) in [5.74, 6) is 0.400. The fourth-order valence-corrected chi connectivity index (χ4v) is 2.26. The lowest BCUT2D eigenvalue weighted by Gasteiger charge is -2.18. The van der Waals surface area contributed by atoms with E-state index < -0.39 is 6.10 Å². The van der Waals surface area contributed by atoms with Gasteiger partial charge >= 0.3 is 0 Å². The van der Waals surface area contributed by atoms with Gasteiger partial charge in [-0.1, -0.05) is 36.2 Å². The highest BCUT2D eigenvalue weighted by Crippen LogP contribution is 2.24. The first-order chi connectivity index (χ1) is 10.5. The Morgan fingerprint density at radius 1 is 1.18 bits per heavy atom. The van der Waals surface area contributed by atoms with Gasteiger partial charge in [0.25, 0.3) is 5.91 Å². The smallest absolute Gasteiger partial charge is 0.265 e. The number of anilines is 1. The molecule has 0 fully saturated rings. The summed E-state index contributed by atoms with van der Waals surface area (Å²) < 4.78 is 5.72. The predicted molar refractivity (Wildman–Crippen MR) is 91.0 cm³/mol. The summed E-state index contributed by atoms with van der Waals surface area (Å²) in [5, 5.41) is 4.10. The van der Waals surface area contributed by atoms with Gasteiger partial charge in [-0.2, -0.15) is 0 Å². The molecule has 0 unspecified atom stereocenters. The number of rotatable bonds is 5. The number of hydrogen-bond acceptors (Lipinski definition) is 2. The highest BCUT2D eigenvalue weighted by atomic mass is 35.5. The van der Waals surface area contributed by atoms with Gasteiger partial charge in [0.15, 0.2) is 6.10 Å². The van der Waals surface area contributed by atoms with Crippen LogP contribution in [0.25, 0.3) is 0 Å². The highest BCUT2D eigenvalue weighted by molar-refractivity contribution is 6.31. The van der Waals surface area contributed by atoms with E-state index >= 15 is 0 Å². The molecule has 3 nitrogen and oxygen atoms in total. The summed E-state index contributed by atoms with van der Waals surface area (Å²) in [6, 6.07) is 12.3. The lowest BCUT2D eigenvalue weighted by Crippen LogP contribution is -2.32. The van der Waals surface area contributed by atoms with Crippen LogP contribution in [0.2, 0.25) is 10.0 Å². The third-order valence-electron chi connectivity index (χ3n) is 3.28. The van der Waals surface area contributed by atoms with E-state index in [1.165, 1.54) is 0 Å². The van der Waals surface area contributed by atoms with E-state index in [1.807, 2.05) is 19.9 Å². The van der Waals surface area contributed by atoms with E-state index in [2.05, 4.69) is 5.32 Å². The van der Waals surface area contributed by atoms with Crippen molar-refractivity contribution in [1.82, 2.24) is 0 Å². The van der Waals surface area contributed by atoms with Crippen LogP contribution in [0.5, 0.6) is 5.75 Å². The Morgan fingerprint density at radius 2 is 1.86 bits per heavy atom. The molecule has 5 heteroatoms. The largest absolute Gasteiger partial charge is 0.481 e. The normalized spacial score (nSPS) is 11.8. The zero-order valence-corrected chi connectivity index (χ0v) is 13.9. The topological polar surface area (TPSA) is 38.3 Å². The summed E-state index contributed by atoms with van der Waals surface area (Å²) in [5.41, 5.74) is 1.52. The van der Waals surface area contributed by atoms with Gasteiger partial charge in [0, 0.05) is 15.7 Å². The van der Waals surface area contributed by atoms with Gasteiger partial charge < -0.3 is 10.1 Å². The number of ether oxygens (including phenoxy) is 1. The fraction of sp³-hybridized carbons (Fsp3) is 0.235. The summed E-state index contributed by atoms with van der Waals surface area (Å²) in [4.78, 5) is 12.4. The third-order valence-corrected chi connectivity index (χ3v) is 3.94. The molecule has 2 aromatic rings. The molecule has 2 rings (SSSR count). The van der Waals surface area contributed by atoms with Gasteiger partial charge in [-0.05, 0) is 55.3 Å². The minimum Gasteiger partial charge on any atom is -0.481 e. The van der Waals surface area contributed by atoms with E-state index in [4.69, 9.17) is 27.9 Å². The maximum atomic E-state index is 12.4. The standard InChI is InChI=1S/C17H17Cl2NO2/c1-3-16(22-13-9-7-12(18)8-10-13)17(21)20-15-6-4-5-14(19)11(15)2/h4-10,16H,3H2,1-2H3,(H,20,21)/t16-/m1/s1. The second kappa shape index (κ2) is 7.52. The molecule has 0 spiro atoms. The van der Waals surface area contributed by atoms with Crippen molar-refractivity contribution < 1.29 is 9.53 Å². The molecular weight excluding hydrogens is 321 g/mol. The molecule has 0 aliphatic rings. The van der Waals surface area contributed by atoms with Crippen LogP contribution in [0, 0.1) is 6.92 Å². The van der Waals surface area contributed by atoms with Crippen molar-refractivity contribution in [1.29, 1.82) is 0 Å². The quantitative estimate of drug-likeness (QED) is 0.824. The van der Waals surface area contributed by atoms with E-state index in [0.717, 1.165) is 5.56 Å². The molecule has 0 aliphatic carbocycles. The number of hydrogen-bond donors (Lipinski definition) is 1. The lowest BCUT2D eigenvalue weighted by atomic mass is 10.2. The molecule has 22 heavy (non-hydrogen) atoms. The number of carbonyl (C=O) groups excluding carboxylic acids is 1. The minimum absolute atomic E-state index is 0.206. The molecule has 0 aliphatic heterocycles. The van der Waals surface area contributed by atoms with Gasteiger partial charge in [0.2, 0.25) is 0 Å².